The number of thiophene rings is 1. The molecule has 3 nitrogen and oxygen atoms in total. The van der Waals surface area contributed by atoms with E-state index in [4.69, 9.17) is 4.98 Å². The highest BCUT2D eigenvalue weighted by atomic mass is 32.1. The SMILES string of the molecule is c1ccc(-c2nc3c4c5ccccc5n(-c5ccccc5)c4c(-c4cccs4)cc3n2-c2ccccc2)cc1. The van der Waals surface area contributed by atoms with Crippen molar-refractivity contribution in [1.29, 1.82) is 0 Å². The van der Waals surface area contributed by atoms with Crippen LogP contribution in [0.5, 0.6) is 0 Å². The first kappa shape index (κ1) is 22.1. The Morgan fingerprint density at radius 2 is 1.21 bits per heavy atom. The van der Waals surface area contributed by atoms with Gasteiger partial charge in [0.15, 0.2) is 0 Å². The van der Waals surface area contributed by atoms with Crippen LogP contribution in [-0.4, -0.2) is 14.1 Å². The molecule has 8 aromatic rings. The highest BCUT2D eigenvalue weighted by molar-refractivity contribution is 7.13. The van der Waals surface area contributed by atoms with Crippen molar-refractivity contribution >= 4 is 44.2 Å². The summed E-state index contributed by atoms with van der Waals surface area (Å²) in [7, 11) is 0. The third-order valence-corrected chi connectivity index (χ3v) is 8.31. The number of nitrogens with zero attached hydrogens (tertiary/aromatic N) is 3. The molecular formula is C35H23N3S. The third kappa shape index (κ3) is 3.39. The van der Waals surface area contributed by atoms with E-state index in [1.807, 2.05) is 0 Å². The maximum atomic E-state index is 5.42. The van der Waals surface area contributed by atoms with Gasteiger partial charge in [0, 0.05) is 38.2 Å². The van der Waals surface area contributed by atoms with Gasteiger partial charge in [-0.3, -0.25) is 4.57 Å². The van der Waals surface area contributed by atoms with Gasteiger partial charge in [0.05, 0.1) is 22.1 Å². The zero-order chi connectivity index (χ0) is 25.8. The summed E-state index contributed by atoms with van der Waals surface area (Å²) in [5.41, 5.74) is 9.04. The molecule has 0 fully saturated rings. The monoisotopic (exact) mass is 517 g/mol. The minimum Gasteiger partial charge on any atom is -0.309 e. The summed E-state index contributed by atoms with van der Waals surface area (Å²) < 4.78 is 4.72. The second kappa shape index (κ2) is 8.83. The van der Waals surface area contributed by atoms with Crippen LogP contribution in [0.25, 0.3) is 66.0 Å². The zero-order valence-electron chi connectivity index (χ0n) is 21.0. The van der Waals surface area contributed by atoms with Gasteiger partial charge in [0.25, 0.3) is 0 Å². The van der Waals surface area contributed by atoms with Crippen LogP contribution < -0.4 is 0 Å². The van der Waals surface area contributed by atoms with E-state index < -0.39 is 0 Å². The molecule has 0 unspecified atom stereocenters. The summed E-state index contributed by atoms with van der Waals surface area (Å²) in [6.07, 6.45) is 0. The maximum Gasteiger partial charge on any atom is 0.145 e. The van der Waals surface area contributed by atoms with Gasteiger partial charge in [-0.25, -0.2) is 4.98 Å². The van der Waals surface area contributed by atoms with Crippen molar-refractivity contribution in [3.63, 3.8) is 0 Å². The summed E-state index contributed by atoms with van der Waals surface area (Å²) in [6.45, 7) is 0. The summed E-state index contributed by atoms with van der Waals surface area (Å²) in [5.74, 6) is 0.943. The fraction of sp³-hybridized carbons (Fsp3) is 0. The number of aromatic nitrogens is 3. The largest absolute Gasteiger partial charge is 0.309 e. The Morgan fingerprint density at radius 3 is 1.90 bits per heavy atom. The zero-order valence-corrected chi connectivity index (χ0v) is 21.8. The van der Waals surface area contributed by atoms with Crippen LogP contribution in [0.2, 0.25) is 0 Å². The molecule has 39 heavy (non-hydrogen) atoms. The number of rotatable bonds is 4. The molecule has 0 spiro atoms. The molecule has 0 aliphatic carbocycles. The minimum atomic E-state index is 0.943. The molecule has 0 aliphatic rings. The quantitative estimate of drug-likeness (QED) is 0.228. The summed E-state index contributed by atoms with van der Waals surface area (Å²) in [5, 5.41) is 4.55. The first-order chi connectivity index (χ1) is 19.4. The van der Waals surface area contributed by atoms with Crippen LogP contribution in [0.1, 0.15) is 0 Å². The lowest BCUT2D eigenvalue weighted by Gasteiger charge is -2.13. The Balaban J connectivity index is 1.63. The van der Waals surface area contributed by atoms with E-state index in [1.54, 1.807) is 11.3 Å². The Morgan fingerprint density at radius 1 is 0.564 bits per heavy atom. The van der Waals surface area contributed by atoms with Crippen molar-refractivity contribution < 1.29 is 0 Å². The van der Waals surface area contributed by atoms with E-state index in [0.29, 0.717) is 0 Å². The van der Waals surface area contributed by atoms with E-state index in [0.717, 1.165) is 33.8 Å². The van der Waals surface area contributed by atoms with E-state index >= 15 is 0 Å². The molecule has 4 heteroatoms. The molecule has 8 rings (SSSR count). The van der Waals surface area contributed by atoms with Crippen molar-refractivity contribution in [3.8, 4) is 33.2 Å². The molecular weight excluding hydrogens is 494 g/mol. The van der Waals surface area contributed by atoms with E-state index in [9.17, 15) is 0 Å². The fourth-order valence-corrected chi connectivity index (χ4v) is 6.52. The van der Waals surface area contributed by atoms with Gasteiger partial charge < -0.3 is 4.57 Å². The van der Waals surface area contributed by atoms with Gasteiger partial charge in [-0.2, -0.15) is 0 Å². The first-order valence-electron chi connectivity index (χ1n) is 13.1. The van der Waals surface area contributed by atoms with Crippen molar-refractivity contribution in [2.24, 2.45) is 0 Å². The lowest BCUT2D eigenvalue weighted by atomic mass is 10.1. The van der Waals surface area contributed by atoms with E-state index in [-0.39, 0.29) is 0 Å². The van der Waals surface area contributed by atoms with Crippen molar-refractivity contribution in [3.05, 3.63) is 139 Å². The average molecular weight is 518 g/mol. The number of fused-ring (bicyclic) bond motifs is 5. The summed E-state index contributed by atoms with van der Waals surface area (Å²) >= 11 is 1.78. The molecule has 0 amide bonds. The minimum absolute atomic E-state index is 0.943. The Hall–Kier alpha value is -4.93. The predicted molar refractivity (Wildman–Crippen MR) is 164 cm³/mol. The number of imidazole rings is 1. The normalized spacial score (nSPS) is 11.6. The number of hydrogen-bond donors (Lipinski definition) is 0. The van der Waals surface area contributed by atoms with Crippen molar-refractivity contribution in [2.45, 2.75) is 0 Å². The first-order valence-corrected chi connectivity index (χ1v) is 14.0. The lowest BCUT2D eigenvalue weighted by Crippen LogP contribution is -1.98. The molecule has 5 aromatic carbocycles. The van der Waals surface area contributed by atoms with Gasteiger partial charge in [-0.1, -0.05) is 91.0 Å². The van der Waals surface area contributed by atoms with Gasteiger partial charge in [0.2, 0.25) is 0 Å². The molecule has 3 aromatic heterocycles. The molecule has 0 atom stereocenters. The molecule has 0 saturated carbocycles. The standard InChI is InChI=1S/C35H23N3S/c1-4-13-24(14-5-1)35-36-33-30(38(35)26-17-8-3-9-18-26)23-28(31-21-12-22-39-31)34-32(33)27-19-10-11-20-29(27)37(34)25-15-6-2-7-16-25/h1-23H. The Labute approximate surface area is 229 Å². The van der Waals surface area contributed by atoms with Crippen LogP contribution in [0.15, 0.2) is 139 Å². The van der Waals surface area contributed by atoms with Crippen molar-refractivity contribution in [2.75, 3.05) is 0 Å². The topological polar surface area (TPSA) is 22.8 Å². The number of para-hydroxylation sites is 3. The third-order valence-electron chi connectivity index (χ3n) is 7.41. The number of benzene rings is 5. The van der Waals surface area contributed by atoms with Crippen LogP contribution in [0.4, 0.5) is 0 Å². The summed E-state index contributed by atoms with van der Waals surface area (Å²) in [6, 6.07) is 47.2. The highest BCUT2D eigenvalue weighted by Gasteiger charge is 2.24. The predicted octanol–water partition coefficient (Wildman–Crippen LogP) is 9.52. The molecule has 0 N–H and O–H groups in total. The molecule has 0 radical (unpaired) electrons. The molecule has 0 bridgehead atoms. The van der Waals surface area contributed by atoms with Gasteiger partial charge in [0.1, 0.15) is 5.82 Å². The summed E-state index contributed by atoms with van der Waals surface area (Å²) in [4.78, 5) is 6.66. The van der Waals surface area contributed by atoms with Crippen LogP contribution in [-0.2, 0) is 0 Å². The smallest absolute Gasteiger partial charge is 0.145 e. The Kier molecular flexibility index (Phi) is 5.00. The Bertz CT molecular complexity index is 2090. The second-order valence-electron chi connectivity index (χ2n) is 9.65. The van der Waals surface area contributed by atoms with Crippen LogP contribution in [0, 0.1) is 0 Å². The van der Waals surface area contributed by atoms with Crippen LogP contribution >= 0.6 is 11.3 Å². The number of hydrogen-bond acceptors (Lipinski definition) is 2. The van der Waals surface area contributed by atoms with E-state index in [1.165, 1.54) is 32.2 Å². The van der Waals surface area contributed by atoms with Crippen LogP contribution in [0.3, 0.4) is 0 Å². The van der Waals surface area contributed by atoms with Gasteiger partial charge in [-0.15, -0.1) is 11.3 Å². The van der Waals surface area contributed by atoms with Gasteiger partial charge in [-0.05, 0) is 47.8 Å². The van der Waals surface area contributed by atoms with E-state index in [2.05, 4.69) is 148 Å². The lowest BCUT2D eigenvalue weighted by molar-refractivity contribution is 1.10. The maximum absolute atomic E-state index is 5.42. The molecule has 0 saturated heterocycles. The van der Waals surface area contributed by atoms with Crippen molar-refractivity contribution in [1.82, 2.24) is 14.1 Å². The fourth-order valence-electron chi connectivity index (χ4n) is 5.77. The average Bonchev–Trinajstić information content (AvgIpc) is 3.74. The molecule has 0 aliphatic heterocycles. The van der Waals surface area contributed by atoms with Gasteiger partial charge >= 0.3 is 0 Å². The second-order valence-corrected chi connectivity index (χ2v) is 10.6. The molecule has 3 heterocycles. The molecule has 184 valence electrons. The highest BCUT2D eigenvalue weighted by Crippen LogP contribution is 2.44.